The van der Waals surface area contributed by atoms with Crippen LogP contribution in [0.3, 0.4) is 0 Å². The van der Waals surface area contributed by atoms with Crippen molar-refractivity contribution in [2.45, 2.75) is 39.7 Å². The number of halogens is 1. The van der Waals surface area contributed by atoms with Crippen molar-refractivity contribution in [1.29, 1.82) is 0 Å². The van der Waals surface area contributed by atoms with Gasteiger partial charge in [-0.25, -0.2) is 9.79 Å². The number of methoxy groups -OCH3 is 1. The largest absolute Gasteiger partial charge is 0.493 e. The molecule has 0 aromatic heterocycles. The lowest BCUT2D eigenvalue weighted by molar-refractivity contribution is -0.129. The number of benzene rings is 3. The first-order valence-electron chi connectivity index (χ1n) is 11.3. The molecule has 0 spiro atoms. The molecule has 0 fully saturated rings. The molecular weight excluding hydrogens is 553 g/mol. The number of esters is 1. The van der Waals surface area contributed by atoms with E-state index >= 15 is 0 Å². The van der Waals surface area contributed by atoms with Gasteiger partial charge in [-0.3, -0.25) is 0 Å². The van der Waals surface area contributed by atoms with Crippen molar-refractivity contribution in [2.75, 3.05) is 7.11 Å². The van der Waals surface area contributed by atoms with Crippen LogP contribution in [0.1, 0.15) is 48.6 Å². The van der Waals surface area contributed by atoms with E-state index in [0.29, 0.717) is 24.0 Å². The molecule has 1 aliphatic heterocycles. The standard InChI is InChI=1S/C29H28INO4/c1-18-6-8-19(9-7-18)17-34-26-23(30)14-20(16-25(26)33-5)15-24-28(32)35-27(31-24)21-10-12-22(13-11-21)29(2,3)4/h6-16H,17H2,1-5H3. The molecule has 180 valence electrons. The minimum absolute atomic E-state index is 0.0456. The van der Waals surface area contributed by atoms with Crippen molar-refractivity contribution in [3.63, 3.8) is 0 Å². The van der Waals surface area contributed by atoms with E-state index in [1.807, 2.05) is 48.5 Å². The van der Waals surface area contributed by atoms with Crippen LogP contribution in [0.25, 0.3) is 6.08 Å². The molecule has 0 bridgehead atoms. The number of ether oxygens (including phenoxy) is 3. The Balaban J connectivity index is 1.56. The van der Waals surface area contributed by atoms with E-state index in [1.54, 1.807) is 13.2 Å². The zero-order chi connectivity index (χ0) is 25.2. The summed E-state index contributed by atoms with van der Waals surface area (Å²) in [6, 6.07) is 19.9. The highest BCUT2D eigenvalue weighted by Gasteiger charge is 2.25. The maximum absolute atomic E-state index is 12.5. The molecule has 3 aromatic carbocycles. The summed E-state index contributed by atoms with van der Waals surface area (Å²) < 4.78 is 18.0. The van der Waals surface area contributed by atoms with Crippen LogP contribution in [0.15, 0.2) is 71.4 Å². The summed E-state index contributed by atoms with van der Waals surface area (Å²) in [7, 11) is 1.60. The Morgan fingerprint density at radius 2 is 1.71 bits per heavy atom. The lowest BCUT2D eigenvalue weighted by Gasteiger charge is -2.18. The number of aliphatic imine (C=N–C) groups is 1. The Morgan fingerprint density at radius 3 is 2.34 bits per heavy atom. The number of carbonyl (C=O) groups excluding carboxylic acids is 1. The van der Waals surface area contributed by atoms with Gasteiger partial charge in [0, 0.05) is 5.56 Å². The van der Waals surface area contributed by atoms with Gasteiger partial charge in [0.25, 0.3) is 0 Å². The Hall–Kier alpha value is -3.13. The van der Waals surface area contributed by atoms with Crippen LogP contribution < -0.4 is 9.47 Å². The lowest BCUT2D eigenvalue weighted by atomic mass is 9.87. The fourth-order valence-corrected chi connectivity index (χ4v) is 4.39. The van der Waals surface area contributed by atoms with Crippen molar-refractivity contribution in [3.05, 3.63) is 97.7 Å². The summed E-state index contributed by atoms with van der Waals surface area (Å²) in [5.74, 6) is 1.08. The van der Waals surface area contributed by atoms with Crippen LogP contribution in [-0.2, 0) is 21.6 Å². The second-order valence-electron chi connectivity index (χ2n) is 9.47. The Morgan fingerprint density at radius 1 is 1.03 bits per heavy atom. The fraction of sp³-hybridized carbons (Fsp3) is 0.241. The third-order valence-electron chi connectivity index (χ3n) is 5.68. The van der Waals surface area contributed by atoms with Crippen LogP contribution in [0.5, 0.6) is 11.5 Å². The van der Waals surface area contributed by atoms with Crippen molar-refractivity contribution in [1.82, 2.24) is 0 Å². The smallest absolute Gasteiger partial charge is 0.363 e. The van der Waals surface area contributed by atoms with E-state index in [2.05, 4.69) is 67.4 Å². The van der Waals surface area contributed by atoms with Gasteiger partial charge in [-0.1, -0.05) is 62.7 Å². The Kier molecular flexibility index (Phi) is 7.31. The zero-order valence-corrected chi connectivity index (χ0v) is 22.7. The summed E-state index contributed by atoms with van der Waals surface area (Å²) >= 11 is 2.21. The van der Waals surface area contributed by atoms with Gasteiger partial charge in [-0.15, -0.1) is 0 Å². The molecule has 6 heteroatoms. The molecule has 0 radical (unpaired) electrons. The first-order chi connectivity index (χ1) is 16.6. The fourth-order valence-electron chi connectivity index (χ4n) is 3.61. The molecule has 3 aromatic rings. The quantitative estimate of drug-likeness (QED) is 0.182. The molecule has 1 aliphatic rings. The first-order valence-corrected chi connectivity index (χ1v) is 12.4. The average molecular weight is 581 g/mol. The van der Waals surface area contributed by atoms with Gasteiger partial charge >= 0.3 is 5.97 Å². The summed E-state index contributed by atoms with van der Waals surface area (Å²) in [4.78, 5) is 17.0. The van der Waals surface area contributed by atoms with E-state index in [9.17, 15) is 4.79 Å². The zero-order valence-electron chi connectivity index (χ0n) is 20.5. The van der Waals surface area contributed by atoms with E-state index in [-0.39, 0.29) is 11.1 Å². The minimum Gasteiger partial charge on any atom is -0.493 e. The van der Waals surface area contributed by atoms with Crippen LogP contribution in [0, 0.1) is 10.5 Å². The molecule has 0 amide bonds. The molecule has 0 saturated carbocycles. The Bertz CT molecular complexity index is 1300. The maximum atomic E-state index is 12.5. The number of rotatable bonds is 6. The Labute approximate surface area is 220 Å². The van der Waals surface area contributed by atoms with Crippen LogP contribution >= 0.6 is 22.6 Å². The predicted octanol–water partition coefficient (Wildman–Crippen LogP) is 6.83. The highest BCUT2D eigenvalue weighted by molar-refractivity contribution is 14.1. The number of nitrogens with zero attached hydrogens (tertiary/aromatic N) is 1. The van der Waals surface area contributed by atoms with E-state index in [4.69, 9.17) is 14.2 Å². The number of hydrogen-bond donors (Lipinski definition) is 0. The molecule has 0 aliphatic carbocycles. The monoisotopic (exact) mass is 581 g/mol. The van der Waals surface area contributed by atoms with Gasteiger partial charge in [0.05, 0.1) is 10.7 Å². The summed E-state index contributed by atoms with van der Waals surface area (Å²) in [6.45, 7) is 8.96. The normalized spacial score (nSPS) is 14.6. The van der Waals surface area contributed by atoms with Gasteiger partial charge < -0.3 is 14.2 Å². The molecular formula is C29H28INO4. The molecule has 0 unspecified atom stereocenters. The summed E-state index contributed by atoms with van der Waals surface area (Å²) in [5, 5.41) is 0. The van der Waals surface area contributed by atoms with Crippen molar-refractivity contribution >= 4 is 40.5 Å². The number of aryl methyl sites for hydroxylation is 1. The van der Waals surface area contributed by atoms with E-state index < -0.39 is 5.97 Å². The predicted molar refractivity (Wildman–Crippen MR) is 147 cm³/mol. The van der Waals surface area contributed by atoms with E-state index in [1.165, 1.54) is 11.1 Å². The maximum Gasteiger partial charge on any atom is 0.363 e. The molecule has 5 nitrogen and oxygen atoms in total. The highest BCUT2D eigenvalue weighted by Crippen LogP contribution is 2.35. The van der Waals surface area contributed by atoms with Crippen molar-refractivity contribution < 1.29 is 19.0 Å². The number of hydrogen-bond acceptors (Lipinski definition) is 5. The van der Waals surface area contributed by atoms with Crippen LogP contribution in [0.4, 0.5) is 0 Å². The molecule has 0 atom stereocenters. The summed E-state index contributed by atoms with van der Waals surface area (Å²) in [5.41, 5.74) is 5.31. The SMILES string of the molecule is COc1cc(C=C2N=C(c3ccc(C(C)(C)C)cc3)OC2=O)cc(I)c1OCc1ccc(C)cc1. The second-order valence-corrected chi connectivity index (χ2v) is 10.6. The first kappa shape index (κ1) is 25.0. The summed E-state index contributed by atoms with van der Waals surface area (Å²) in [6.07, 6.45) is 1.70. The number of carbonyl (C=O) groups is 1. The van der Waals surface area contributed by atoms with Crippen molar-refractivity contribution in [3.8, 4) is 11.5 Å². The molecule has 1 heterocycles. The van der Waals surface area contributed by atoms with E-state index in [0.717, 1.165) is 20.3 Å². The third-order valence-corrected chi connectivity index (χ3v) is 6.48. The van der Waals surface area contributed by atoms with Gasteiger partial charge in [0.2, 0.25) is 5.90 Å². The van der Waals surface area contributed by atoms with Crippen molar-refractivity contribution in [2.24, 2.45) is 4.99 Å². The molecule has 35 heavy (non-hydrogen) atoms. The highest BCUT2D eigenvalue weighted by atomic mass is 127. The molecule has 0 saturated heterocycles. The van der Waals surface area contributed by atoms with Crippen LogP contribution in [0.2, 0.25) is 0 Å². The topological polar surface area (TPSA) is 57.1 Å². The van der Waals surface area contributed by atoms with Gasteiger partial charge in [0.15, 0.2) is 17.2 Å². The average Bonchev–Trinajstić information content (AvgIpc) is 3.18. The number of cyclic esters (lactones) is 1. The van der Waals surface area contributed by atoms with Gasteiger partial charge in [0.1, 0.15) is 6.61 Å². The lowest BCUT2D eigenvalue weighted by Crippen LogP contribution is -2.11. The molecule has 0 N–H and O–H groups in total. The van der Waals surface area contributed by atoms with Gasteiger partial charge in [-0.05, 0) is 82.0 Å². The second kappa shape index (κ2) is 10.2. The third kappa shape index (κ3) is 5.93. The minimum atomic E-state index is -0.478. The van der Waals surface area contributed by atoms with Crippen LogP contribution in [-0.4, -0.2) is 19.0 Å². The van der Waals surface area contributed by atoms with Gasteiger partial charge in [-0.2, -0.15) is 0 Å². The molecule has 4 rings (SSSR count).